The number of nitrogens with zero attached hydrogens (tertiary/aromatic N) is 4. The average Bonchev–Trinajstić information content (AvgIpc) is 3.15. The summed E-state index contributed by atoms with van der Waals surface area (Å²) in [5.74, 6) is 0.541. The molecule has 0 bridgehead atoms. The first-order chi connectivity index (χ1) is 14.7. The second-order valence-electron chi connectivity index (χ2n) is 7.94. The molecule has 1 unspecified atom stereocenters. The third-order valence-electron chi connectivity index (χ3n) is 5.71. The summed E-state index contributed by atoms with van der Waals surface area (Å²) >= 11 is 1.61. The molecule has 8 nitrogen and oxygen atoms in total. The predicted molar refractivity (Wildman–Crippen MR) is 123 cm³/mol. The molecule has 1 aliphatic rings. The topological polar surface area (TPSA) is 84.7 Å². The van der Waals surface area contributed by atoms with Gasteiger partial charge >= 0.3 is 0 Å². The molecule has 3 aromatic rings. The van der Waals surface area contributed by atoms with Crippen LogP contribution in [-0.2, 0) is 23.6 Å². The van der Waals surface area contributed by atoms with Crippen LogP contribution in [0.4, 0.5) is 0 Å². The Bertz CT molecular complexity index is 1270. The van der Waals surface area contributed by atoms with Crippen molar-refractivity contribution in [3.8, 4) is 17.0 Å². The Morgan fingerprint density at radius 2 is 2.06 bits per heavy atom. The van der Waals surface area contributed by atoms with Crippen molar-refractivity contribution in [1.82, 2.24) is 18.8 Å². The molecule has 0 amide bonds. The highest BCUT2D eigenvalue weighted by atomic mass is 32.2. The van der Waals surface area contributed by atoms with Gasteiger partial charge in [-0.3, -0.25) is 9.69 Å². The van der Waals surface area contributed by atoms with Crippen molar-refractivity contribution in [1.29, 1.82) is 0 Å². The van der Waals surface area contributed by atoms with Crippen LogP contribution in [0.3, 0.4) is 0 Å². The third-order valence-corrected chi connectivity index (χ3v) is 8.14. The lowest BCUT2D eigenvalue weighted by atomic mass is 10.1. The van der Waals surface area contributed by atoms with E-state index in [1.165, 1.54) is 10.6 Å². The van der Waals surface area contributed by atoms with Crippen LogP contribution in [0.5, 0.6) is 5.88 Å². The fourth-order valence-electron chi connectivity index (χ4n) is 3.94. The second kappa shape index (κ2) is 8.34. The van der Waals surface area contributed by atoms with Gasteiger partial charge in [-0.15, -0.1) is 11.3 Å². The Hall–Kier alpha value is -2.27. The molecule has 0 aromatic carbocycles. The first kappa shape index (κ1) is 21.9. The number of aromatic nitrogens is 2. The first-order valence-electron chi connectivity index (χ1n) is 9.99. The minimum absolute atomic E-state index is 0.0299. The first-order valence-corrected chi connectivity index (χ1v) is 12.7. The molecule has 0 radical (unpaired) electrons. The molecular formula is C21H26N4O4S2. The lowest BCUT2D eigenvalue weighted by molar-refractivity contribution is 0.123. The minimum atomic E-state index is -3.18. The van der Waals surface area contributed by atoms with Crippen LogP contribution < -0.4 is 10.3 Å². The molecule has 1 saturated heterocycles. The average molecular weight is 463 g/mol. The largest absolute Gasteiger partial charge is 0.481 e. The monoisotopic (exact) mass is 462 g/mol. The zero-order chi connectivity index (χ0) is 22.3. The number of hydrogen-bond acceptors (Lipinski definition) is 7. The van der Waals surface area contributed by atoms with Gasteiger partial charge in [-0.2, -0.15) is 4.31 Å². The summed E-state index contributed by atoms with van der Waals surface area (Å²) in [6.45, 7) is 4.35. The molecule has 0 N–H and O–H groups in total. The van der Waals surface area contributed by atoms with Crippen molar-refractivity contribution in [2.75, 3.05) is 33.0 Å². The zero-order valence-electron chi connectivity index (χ0n) is 18.0. The predicted octanol–water partition coefficient (Wildman–Crippen LogP) is 2.14. The minimum Gasteiger partial charge on any atom is -0.481 e. The maximum Gasteiger partial charge on any atom is 0.259 e. The second-order valence-corrected chi connectivity index (χ2v) is 11.1. The maximum absolute atomic E-state index is 12.8. The quantitative estimate of drug-likeness (QED) is 0.578. The molecule has 0 saturated carbocycles. The van der Waals surface area contributed by atoms with Gasteiger partial charge in [0.2, 0.25) is 15.9 Å². The molecule has 1 atom stereocenters. The van der Waals surface area contributed by atoms with Crippen molar-refractivity contribution in [2.45, 2.75) is 19.5 Å². The number of sulfonamides is 1. The molecule has 4 rings (SSSR count). The molecular weight excluding hydrogens is 436 g/mol. The SMILES string of the molecule is COc1ccc(-c2cn(C)c(=O)c3cc(CN4CCN(S(C)(=O)=O)CC4C)sc23)cn1. The lowest BCUT2D eigenvalue weighted by Crippen LogP contribution is -2.52. The van der Waals surface area contributed by atoms with Crippen LogP contribution in [-0.4, -0.2) is 66.2 Å². The van der Waals surface area contributed by atoms with Crippen LogP contribution in [0.15, 0.2) is 35.4 Å². The van der Waals surface area contributed by atoms with Crippen LogP contribution >= 0.6 is 11.3 Å². The number of rotatable bonds is 5. The van der Waals surface area contributed by atoms with E-state index in [2.05, 4.69) is 9.88 Å². The molecule has 166 valence electrons. The number of thiophene rings is 1. The Kier molecular flexibility index (Phi) is 5.91. The van der Waals surface area contributed by atoms with E-state index in [4.69, 9.17) is 4.74 Å². The highest BCUT2D eigenvalue weighted by molar-refractivity contribution is 7.88. The van der Waals surface area contributed by atoms with Gasteiger partial charge in [0.05, 0.1) is 18.8 Å². The summed E-state index contributed by atoms with van der Waals surface area (Å²) < 4.78 is 32.9. The van der Waals surface area contributed by atoms with Gasteiger partial charge < -0.3 is 9.30 Å². The summed E-state index contributed by atoms with van der Waals surface area (Å²) in [5, 5.41) is 0.693. The van der Waals surface area contributed by atoms with E-state index >= 15 is 0 Å². The fourth-order valence-corrected chi connectivity index (χ4v) is 6.05. The molecule has 3 aromatic heterocycles. The summed E-state index contributed by atoms with van der Waals surface area (Å²) in [5.41, 5.74) is 1.85. The van der Waals surface area contributed by atoms with E-state index in [-0.39, 0.29) is 11.6 Å². The number of fused-ring (bicyclic) bond motifs is 1. The zero-order valence-corrected chi connectivity index (χ0v) is 19.7. The highest BCUT2D eigenvalue weighted by Crippen LogP contribution is 2.34. The van der Waals surface area contributed by atoms with Crippen molar-refractivity contribution >= 4 is 31.4 Å². The van der Waals surface area contributed by atoms with Gasteiger partial charge in [0.15, 0.2) is 0 Å². The third kappa shape index (κ3) is 4.38. The van der Waals surface area contributed by atoms with Crippen molar-refractivity contribution in [3.63, 3.8) is 0 Å². The van der Waals surface area contributed by atoms with E-state index in [0.29, 0.717) is 37.4 Å². The van der Waals surface area contributed by atoms with Gasteiger partial charge in [0.1, 0.15) is 0 Å². The van der Waals surface area contributed by atoms with Crippen LogP contribution in [0.2, 0.25) is 0 Å². The molecule has 0 spiro atoms. The van der Waals surface area contributed by atoms with Crippen LogP contribution in [0.1, 0.15) is 11.8 Å². The molecule has 0 aliphatic carbocycles. The van der Waals surface area contributed by atoms with E-state index < -0.39 is 10.0 Å². The molecule has 31 heavy (non-hydrogen) atoms. The van der Waals surface area contributed by atoms with Gasteiger partial charge in [0.25, 0.3) is 5.56 Å². The molecule has 1 aliphatic heterocycles. The maximum atomic E-state index is 12.8. The number of piperazine rings is 1. The van der Waals surface area contributed by atoms with E-state index in [9.17, 15) is 13.2 Å². The number of pyridine rings is 2. The number of hydrogen-bond donors (Lipinski definition) is 0. The van der Waals surface area contributed by atoms with E-state index in [0.717, 1.165) is 20.7 Å². The Morgan fingerprint density at radius 3 is 2.68 bits per heavy atom. The Balaban J connectivity index is 1.66. The number of aryl methyl sites for hydroxylation is 1. The number of ether oxygens (including phenoxy) is 1. The highest BCUT2D eigenvalue weighted by Gasteiger charge is 2.29. The van der Waals surface area contributed by atoms with E-state index in [1.807, 2.05) is 31.3 Å². The van der Waals surface area contributed by atoms with Crippen molar-refractivity contribution < 1.29 is 13.2 Å². The standard InChI is InChI=1S/C21H26N4O4S2/c1-14-11-25(31(4,27)28)8-7-24(14)12-16-9-17-20(30-16)18(13-23(2)21(17)26)15-5-6-19(29-3)22-10-15/h5-6,9-10,13-14H,7-8,11-12H2,1-4H3. The summed E-state index contributed by atoms with van der Waals surface area (Å²) in [7, 11) is 0.157. The fraction of sp³-hybridized carbons (Fsp3) is 0.429. The smallest absolute Gasteiger partial charge is 0.259 e. The summed E-state index contributed by atoms with van der Waals surface area (Å²) in [6, 6.07) is 5.82. The van der Waals surface area contributed by atoms with Gasteiger partial charge in [-0.1, -0.05) is 0 Å². The molecule has 4 heterocycles. The van der Waals surface area contributed by atoms with Crippen molar-refractivity contribution in [2.24, 2.45) is 7.05 Å². The summed E-state index contributed by atoms with van der Waals surface area (Å²) in [4.78, 5) is 20.4. The van der Waals surface area contributed by atoms with Gasteiger partial charge in [0, 0.05) is 78.4 Å². The molecule has 1 fully saturated rings. The molecule has 10 heteroatoms. The van der Waals surface area contributed by atoms with Gasteiger partial charge in [-0.05, 0) is 19.1 Å². The van der Waals surface area contributed by atoms with Crippen LogP contribution in [0, 0.1) is 0 Å². The van der Waals surface area contributed by atoms with Gasteiger partial charge in [-0.25, -0.2) is 13.4 Å². The summed E-state index contributed by atoms with van der Waals surface area (Å²) in [6.07, 6.45) is 4.86. The van der Waals surface area contributed by atoms with Crippen LogP contribution in [0.25, 0.3) is 21.2 Å². The Labute approximate surface area is 185 Å². The number of methoxy groups -OCH3 is 1. The normalized spacial score (nSPS) is 18.5. The lowest BCUT2D eigenvalue weighted by Gasteiger charge is -2.38. The van der Waals surface area contributed by atoms with E-state index in [1.54, 1.807) is 36.3 Å². The van der Waals surface area contributed by atoms with Crippen molar-refractivity contribution in [3.05, 3.63) is 45.8 Å². The Morgan fingerprint density at radius 1 is 1.29 bits per heavy atom.